The van der Waals surface area contributed by atoms with Crippen molar-refractivity contribution in [2.24, 2.45) is 0 Å². The summed E-state index contributed by atoms with van der Waals surface area (Å²) >= 11 is 0. The number of hydrogen-bond acceptors (Lipinski definition) is 6. The molecule has 1 atom stereocenters. The van der Waals surface area contributed by atoms with Gasteiger partial charge >= 0.3 is 17.7 Å². The molecular formula is C27H23NO6. The van der Waals surface area contributed by atoms with Crippen LogP contribution >= 0.6 is 0 Å². The fourth-order valence-corrected chi connectivity index (χ4v) is 3.52. The van der Waals surface area contributed by atoms with Crippen LogP contribution in [0.5, 0.6) is 5.75 Å². The van der Waals surface area contributed by atoms with E-state index in [-0.39, 0.29) is 12.4 Å². The van der Waals surface area contributed by atoms with Crippen LogP contribution in [0.1, 0.15) is 18.1 Å². The fraction of sp³-hybridized carbons (Fsp3) is 0.148. The summed E-state index contributed by atoms with van der Waals surface area (Å²) < 4.78 is 16.2. The number of fused-ring (bicyclic) bond motifs is 1. The van der Waals surface area contributed by atoms with Gasteiger partial charge in [0.1, 0.15) is 24.0 Å². The summed E-state index contributed by atoms with van der Waals surface area (Å²) in [6.45, 7) is 3.38. The number of nitrogens with one attached hydrogen (secondary N) is 1. The van der Waals surface area contributed by atoms with Gasteiger partial charge in [-0.1, -0.05) is 60.7 Å². The van der Waals surface area contributed by atoms with E-state index in [0.717, 1.165) is 16.7 Å². The molecule has 0 aliphatic rings. The van der Waals surface area contributed by atoms with Gasteiger partial charge in [0, 0.05) is 11.6 Å². The van der Waals surface area contributed by atoms with Crippen molar-refractivity contribution in [2.45, 2.75) is 26.5 Å². The van der Waals surface area contributed by atoms with Crippen LogP contribution in [0.2, 0.25) is 0 Å². The zero-order valence-electron chi connectivity index (χ0n) is 18.7. The first-order valence-corrected chi connectivity index (χ1v) is 10.7. The van der Waals surface area contributed by atoms with Crippen molar-refractivity contribution in [2.75, 3.05) is 0 Å². The van der Waals surface area contributed by atoms with E-state index in [4.69, 9.17) is 13.9 Å². The number of esters is 1. The van der Waals surface area contributed by atoms with Gasteiger partial charge in [0.2, 0.25) is 0 Å². The van der Waals surface area contributed by atoms with E-state index < -0.39 is 23.7 Å². The maximum absolute atomic E-state index is 12.8. The van der Waals surface area contributed by atoms with Crippen LogP contribution in [0, 0.1) is 6.92 Å². The SMILES string of the molecule is Cc1cc(OC(=O)[C@@H](C)NC(=O)OCc2ccccc2)c2c(-c3ccccc3)cc(=O)oc2c1. The normalized spacial score (nSPS) is 11.6. The molecule has 7 nitrogen and oxygen atoms in total. The third kappa shape index (κ3) is 5.32. The van der Waals surface area contributed by atoms with Crippen molar-refractivity contribution in [3.05, 3.63) is 100 Å². The Kier molecular flexibility index (Phi) is 6.73. The van der Waals surface area contributed by atoms with Crippen LogP contribution in [0.3, 0.4) is 0 Å². The highest BCUT2D eigenvalue weighted by Gasteiger charge is 2.22. The lowest BCUT2D eigenvalue weighted by atomic mass is 10.0. The number of alkyl carbamates (subject to hydrolysis) is 1. The molecule has 4 rings (SSSR count). The molecule has 4 aromatic rings. The molecule has 0 spiro atoms. The van der Waals surface area contributed by atoms with E-state index >= 15 is 0 Å². The van der Waals surface area contributed by atoms with Crippen molar-refractivity contribution in [3.8, 4) is 16.9 Å². The number of carbonyl (C=O) groups is 2. The molecule has 172 valence electrons. The predicted octanol–water partition coefficient (Wildman–Crippen LogP) is 4.99. The van der Waals surface area contributed by atoms with E-state index in [0.29, 0.717) is 16.5 Å². The van der Waals surface area contributed by atoms with Crippen molar-refractivity contribution >= 4 is 23.0 Å². The smallest absolute Gasteiger partial charge is 0.408 e. The number of amides is 1. The lowest BCUT2D eigenvalue weighted by Crippen LogP contribution is -2.41. The Labute approximate surface area is 195 Å². The first kappa shape index (κ1) is 22.8. The van der Waals surface area contributed by atoms with Gasteiger partial charge in [0.15, 0.2) is 0 Å². The maximum atomic E-state index is 12.8. The van der Waals surface area contributed by atoms with Crippen molar-refractivity contribution in [1.82, 2.24) is 5.32 Å². The number of carbonyl (C=O) groups excluding carboxylic acids is 2. The molecule has 1 amide bonds. The van der Waals surface area contributed by atoms with Crippen LogP contribution in [0.25, 0.3) is 22.1 Å². The Morgan fingerprint density at radius 2 is 1.65 bits per heavy atom. The van der Waals surface area contributed by atoms with Gasteiger partial charge in [-0.15, -0.1) is 0 Å². The second kappa shape index (κ2) is 10.0. The summed E-state index contributed by atoms with van der Waals surface area (Å²) in [7, 11) is 0. The minimum atomic E-state index is -0.977. The minimum absolute atomic E-state index is 0.0798. The van der Waals surface area contributed by atoms with Crippen LogP contribution in [0.4, 0.5) is 4.79 Å². The van der Waals surface area contributed by atoms with Gasteiger partial charge in [-0.3, -0.25) is 0 Å². The highest BCUT2D eigenvalue weighted by atomic mass is 16.6. The summed E-state index contributed by atoms with van der Waals surface area (Å²) in [5.74, 6) is -0.456. The maximum Gasteiger partial charge on any atom is 0.408 e. The highest BCUT2D eigenvalue weighted by Crippen LogP contribution is 2.35. The van der Waals surface area contributed by atoms with E-state index in [1.165, 1.54) is 13.0 Å². The van der Waals surface area contributed by atoms with E-state index in [9.17, 15) is 14.4 Å². The first-order chi connectivity index (χ1) is 16.4. The third-order valence-corrected chi connectivity index (χ3v) is 5.15. The summed E-state index contributed by atoms with van der Waals surface area (Å²) in [5, 5.41) is 2.97. The molecule has 0 radical (unpaired) electrons. The second-order valence-electron chi connectivity index (χ2n) is 7.83. The van der Waals surface area contributed by atoms with Crippen molar-refractivity contribution in [3.63, 3.8) is 0 Å². The summed E-state index contributed by atoms with van der Waals surface area (Å²) in [6.07, 6.45) is -0.738. The standard InChI is InChI=1S/C27H23NO6/c1-17-13-22-25(21(15-24(29)33-22)20-11-7-4-8-12-20)23(14-17)34-26(30)18(2)28-27(31)32-16-19-9-5-3-6-10-19/h3-15,18H,16H2,1-2H3,(H,28,31)/t18-/m1/s1. The average molecular weight is 457 g/mol. The zero-order chi connectivity index (χ0) is 24.1. The van der Waals surface area contributed by atoms with Gasteiger partial charge in [-0.2, -0.15) is 0 Å². The third-order valence-electron chi connectivity index (χ3n) is 5.15. The molecule has 0 saturated carbocycles. The van der Waals surface area contributed by atoms with Crippen LogP contribution in [-0.4, -0.2) is 18.1 Å². The van der Waals surface area contributed by atoms with Crippen LogP contribution < -0.4 is 15.7 Å². The van der Waals surface area contributed by atoms with Gasteiger partial charge < -0.3 is 19.2 Å². The molecule has 0 unspecified atom stereocenters. The topological polar surface area (TPSA) is 94.8 Å². The number of benzene rings is 3. The lowest BCUT2D eigenvalue weighted by Gasteiger charge is -2.16. The molecule has 1 heterocycles. The highest BCUT2D eigenvalue weighted by molar-refractivity contribution is 5.99. The molecule has 34 heavy (non-hydrogen) atoms. The molecule has 7 heteroatoms. The molecule has 0 aliphatic heterocycles. The van der Waals surface area contributed by atoms with Crippen molar-refractivity contribution < 1.29 is 23.5 Å². The molecule has 0 saturated heterocycles. The zero-order valence-corrected chi connectivity index (χ0v) is 18.7. The van der Waals surface area contributed by atoms with Gasteiger partial charge in [-0.25, -0.2) is 14.4 Å². The van der Waals surface area contributed by atoms with Gasteiger partial charge in [0.25, 0.3) is 0 Å². The number of aryl methyl sites for hydroxylation is 1. The molecule has 1 N–H and O–H groups in total. The Balaban J connectivity index is 1.55. The molecule has 0 aliphatic carbocycles. The van der Waals surface area contributed by atoms with E-state index in [2.05, 4.69) is 5.32 Å². The number of ether oxygens (including phenoxy) is 2. The molecular weight excluding hydrogens is 434 g/mol. The monoisotopic (exact) mass is 457 g/mol. The fourth-order valence-electron chi connectivity index (χ4n) is 3.52. The Bertz CT molecular complexity index is 1380. The quantitative estimate of drug-likeness (QED) is 0.249. The molecule has 3 aromatic carbocycles. The van der Waals surface area contributed by atoms with E-state index in [1.54, 1.807) is 19.1 Å². The largest absolute Gasteiger partial charge is 0.445 e. The Morgan fingerprint density at radius 1 is 0.971 bits per heavy atom. The summed E-state index contributed by atoms with van der Waals surface area (Å²) in [5.41, 5.74) is 2.72. The average Bonchev–Trinajstić information content (AvgIpc) is 2.83. The molecule has 0 fully saturated rings. The Hall–Kier alpha value is -4.39. The second-order valence-corrected chi connectivity index (χ2v) is 7.83. The van der Waals surface area contributed by atoms with Crippen LogP contribution in [-0.2, 0) is 16.1 Å². The van der Waals surface area contributed by atoms with Crippen LogP contribution in [0.15, 0.2) is 88.1 Å². The molecule has 1 aromatic heterocycles. The summed E-state index contributed by atoms with van der Waals surface area (Å²) in [6, 6.07) is 22.3. The lowest BCUT2D eigenvalue weighted by molar-refractivity contribution is -0.136. The Morgan fingerprint density at radius 3 is 2.35 bits per heavy atom. The first-order valence-electron chi connectivity index (χ1n) is 10.7. The van der Waals surface area contributed by atoms with Gasteiger partial charge in [-0.05, 0) is 42.7 Å². The molecule has 0 bridgehead atoms. The van der Waals surface area contributed by atoms with Gasteiger partial charge in [0.05, 0.1) is 5.39 Å². The summed E-state index contributed by atoms with van der Waals surface area (Å²) in [4.78, 5) is 37.1. The number of hydrogen-bond donors (Lipinski definition) is 1. The van der Waals surface area contributed by atoms with Crippen molar-refractivity contribution in [1.29, 1.82) is 0 Å². The minimum Gasteiger partial charge on any atom is -0.445 e. The number of rotatable bonds is 6. The predicted molar refractivity (Wildman–Crippen MR) is 128 cm³/mol. The van der Waals surface area contributed by atoms with E-state index in [1.807, 2.05) is 60.7 Å².